The van der Waals surface area contributed by atoms with Crippen LogP contribution in [0.25, 0.3) is 5.69 Å². The molecule has 0 spiro atoms. The van der Waals surface area contributed by atoms with Gasteiger partial charge < -0.3 is 0 Å². The van der Waals surface area contributed by atoms with E-state index in [4.69, 9.17) is 0 Å². The molecule has 3 aromatic rings. The van der Waals surface area contributed by atoms with E-state index in [9.17, 15) is 14.0 Å². The Balaban J connectivity index is 1.61. The molecule has 27 heavy (non-hydrogen) atoms. The van der Waals surface area contributed by atoms with E-state index in [2.05, 4.69) is 26.4 Å². The molecule has 1 atom stereocenters. The van der Waals surface area contributed by atoms with Gasteiger partial charge >= 0.3 is 0 Å². The van der Waals surface area contributed by atoms with Gasteiger partial charge in [-0.25, -0.2) is 4.39 Å². The molecule has 2 N–H and O–H groups in total. The first-order valence-corrected chi connectivity index (χ1v) is 8.79. The van der Waals surface area contributed by atoms with Crippen molar-refractivity contribution in [2.24, 2.45) is 0 Å². The SMILES string of the molecule is C[C@H](Sc1nnnn1-c1cccc(F)c1)C(=O)NNC(=O)c1ccccc1. The quantitative estimate of drug-likeness (QED) is 0.512. The summed E-state index contributed by atoms with van der Waals surface area (Å²) in [5, 5.41) is 11.0. The average Bonchev–Trinajstić information content (AvgIpc) is 3.14. The van der Waals surface area contributed by atoms with Crippen LogP contribution in [0.1, 0.15) is 17.3 Å². The molecule has 138 valence electrons. The fourth-order valence-corrected chi connectivity index (χ4v) is 2.92. The van der Waals surface area contributed by atoms with E-state index in [0.717, 1.165) is 11.8 Å². The third-order valence-corrected chi connectivity index (χ3v) is 4.51. The van der Waals surface area contributed by atoms with Crippen LogP contribution in [0, 0.1) is 5.82 Å². The number of benzene rings is 2. The summed E-state index contributed by atoms with van der Waals surface area (Å²) in [6.45, 7) is 1.64. The van der Waals surface area contributed by atoms with Gasteiger partial charge in [0.25, 0.3) is 11.8 Å². The molecule has 2 amide bonds. The van der Waals surface area contributed by atoms with E-state index in [1.54, 1.807) is 43.3 Å². The van der Waals surface area contributed by atoms with Gasteiger partial charge in [-0.1, -0.05) is 36.0 Å². The second kappa shape index (κ2) is 8.41. The molecule has 1 aromatic heterocycles. The van der Waals surface area contributed by atoms with Gasteiger partial charge in [0.2, 0.25) is 5.16 Å². The number of hydrogen-bond acceptors (Lipinski definition) is 6. The second-order valence-corrected chi connectivity index (χ2v) is 6.73. The highest BCUT2D eigenvalue weighted by Gasteiger charge is 2.20. The summed E-state index contributed by atoms with van der Waals surface area (Å²) in [5.41, 5.74) is 5.58. The van der Waals surface area contributed by atoms with Crippen molar-refractivity contribution in [2.75, 3.05) is 0 Å². The summed E-state index contributed by atoms with van der Waals surface area (Å²) in [6.07, 6.45) is 0. The van der Waals surface area contributed by atoms with Crippen molar-refractivity contribution in [1.29, 1.82) is 0 Å². The zero-order valence-corrected chi connectivity index (χ0v) is 15.0. The molecule has 0 bridgehead atoms. The van der Waals surface area contributed by atoms with Crippen LogP contribution in [0.3, 0.4) is 0 Å². The molecule has 0 aliphatic heterocycles. The molecule has 0 aliphatic rings. The van der Waals surface area contributed by atoms with Gasteiger partial charge in [0.1, 0.15) is 5.82 Å². The molecular weight excluding hydrogens is 371 g/mol. The van der Waals surface area contributed by atoms with E-state index < -0.39 is 22.9 Å². The number of hydrogen-bond donors (Lipinski definition) is 2. The van der Waals surface area contributed by atoms with Crippen LogP contribution in [0.4, 0.5) is 4.39 Å². The zero-order chi connectivity index (χ0) is 19.2. The Morgan fingerprint density at radius 2 is 1.89 bits per heavy atom. The summed E-state index contributed by atoms with van der Waals surface area (Å²) in [6, 6.07) is 14.3. The minimum Gasteiger partial charge on any atom is -0.272 e. The average molecular weight is 386 g/mol. The van der Waals surface area contributed by atoms with Gasteiger partial charge in [-0.05, 0) is 47.7 Å². The highest BCUT2D eigenvalue weighted by molar-refractivity contribution is 8.00. The molecule has 10 heteroatoms. The summed E-state index contributed by atoms with van der Waals surface area (Å²) >= 11 is 1.07. The number of hydrazine groups is 1. The molecule has 0 fully saturated rings. The fraction of sp³-hybridized carbons (Fsp3) is 0.118. The summed E-state index contributed by atoms with van der Waals surface area (Å²) in [7, 11) is 0. The highest BCUT2D eigenvalue weighted by atomic mass is 32.2. The Labute approximate surface area is 158 Å². The number of rotatable bonds is 5. The number of thioether (sulfide) groups is 1. The van der Waals surface area contributed by atoms with E-state index in [-0.39, 0.29) is 0 Å². The second-order valence-electron chi connectivity index (χ2n) is 5.42. The lowest BCUT2D eigenvalue weighted by molar-refractivity contribution is -0.121. The Morgan fingerprint density at radius 3 is 2.63 bits per heavy atom. The third kappa shape index (κ3) is 4.67. The van der Waals surface area contributed by atoms with Crippen molar-refractivity contribution in [2.45, 2.75) is 17.3 Å². The molecule has 0 radical (unpaired) electrons. The summed E-state index contributed by atoms with van der Waals surface area (Å²) in [4.78, 5) is 24.2. The van der Waals surface area contributed by atoms with Gasteiger partial charge in [-0.2, -0.15) is 4.68 Å². The molecule has 0 saturated heterocycles. The number of nitrogens with zero attached hydrogens (tertiary/aromatic N) is 4. The lowest BCUT2D eigenvalue weighted by Crippen LogP contribution is -2.44. The summed E-state index contributed by atoms with van der Waals surface area (Å²) < 4.78 is 14.7. The lowest BCUT2D eigenvalue weighted by atomic mass is 10.2. The Bertz CT molecular complexity index is 949. The van der Waals surface area contributed by atoms with Crippen LogP contribution in [0.15, 0.2) is 59.8 Å². The van der Waals surface area contributed by atoms with Crippen molar-refractivity contribution in [1.82, 2.24) is 31.1 Å². The molecule has 0 unspecified atom stereocenters. The van der Waals surface area contributed by atoms with E-state index in [1.165, 1.54) is 22.9 Å². The number of aromatic nitrogens is 4. The first-order chi connectivity index (χ1) is 13.0. The van der Waals surface area contributed by atoms with Gasteiger partial charge in [-0.15, -0.1) is 5.10 Å². The maximum Gasteiger partial charge on any atom is 0.269 e. The van der Waals surface area contributed by atoms with Crippen molar-refractivity contribution in [3.8, 4) is 5.69 Å². The van der Waals surface area contributed by atoms with Crippen molar-refractivity contribution in [3.05, 3.63) is 66.0 Å². The molecular formula is C17H15FN6O2S. The maximum absolute atomic E-state index is 13.4. The van der Waals surface area contributed by atoms with Crippen LogP contribution >= 0.6 is 11.8 Å². The predicted molar refractivity (Wildman–Crippen MR) is 96.5 cm³/mol. The van der Waals surface area contributed by atoms with Crippen LogP contribution in [-0.4, -0.2) is 37.3 Å². The first-order valence-electron chi connectivity index (χ1n) is 7.91. The Hall–Kier alpha value is -3.27. The standard InChI is InChI=1S/C17H15FN6O2S/c1-11(15(25)19-20-16(26)12-6-3-2-4-7-12)27-17-21-22-23-24(17)14-9-5-8-13(18)10-14/h2-11H,1H3,(H,19,25)(H,20,26)/t11-/m0/s1. The number of halogens is 1. The minimum atomic E-state index is -0.612. The molecule has 0 aliphatic carbocycles. The smallest absolute Gasteiger partial charge is 0.269 e. The van der Waals surface area contributed by atoms with E-state index >= 15 is 0 Å². The minimum absolute atomic E-state index is 0.317. The molecule has 2 aromatic carbocycles. The highest BCUT2D eigenvalue weighted by Crippen LogP contribution is 2.23. The predicted octanol–water partition coefficient (Wildman–Crippen LogP) is 1.74. The molecule has 0 saturated carbocycles. The van der Waals surface area contributed by atoms with Gasteiger partial charge in [0, 0.05) is 5.56 Å². The number of tetrazole rings is 1. The maximum atomic E-state index is 13.4. The van der Waals surface area contributed by atoms with Gasteiger partial charge in [0.05, 0.1) is 10.9 Å². The van der Waals surface area contributed by atoms with Crippen LogP contribution in [-0.2, 0) is 4.79 Å². The van der Waals surface area contributed by atoms with Crippen LogP contribution in [0.5, 0.6) is 0 Å². The van der Waals surface area contributed by atoms with E-state index in [0.29, 0.717) is 16.4 Å². The lowest BCUT2D eigenvalue weighted by Gasteiger charge is -2.12. The van der Waals surface area contributed by atoms with Crippen molar-refractivity contribution >= 4 is 23.6 Å². The van der Waals surface area contributed by atoms with Crippen molar-refractivity contribution < 1.29 is 14.0 Å². The molecule has 1 heterocycles. The third-order valence-electron chi connectivity index (χ3n) is 3.48. The van der Waals surface area contributed by atoms with Gasteiger partial charge in [-0.3, -0.25) is 20.4 Å². The fourth-order valence-electron chi connectivity index (χ4n) is 2.12. The number of amides is 2. The number of nitrogens with one attached hydrogen (secondary N) is 2. The number of carbonyl (C=O) groups is 2. The Kier molecular flexibility index (Phi) is 5.77. The zero-order valence-electron chi connectivity index (χ0n) is 14.2. The molecule has 3 rings (SSSR count). The van der Waals surface area contributed by atoms with Gasteiger partial charge in [0.15, 0.2) is 0 Å². The van der Waals surface area contributed by atoms with Crippen molar-refractivity contribution in [3.63, 3.8) is 0 Å². The number of carbonyl (C=O) groups excluding carboxylic acids is 2. The first kappa shape index (κ1) is 18.5. The monoisotopic (exact) mass is 386 g/mol. The summed E-state index contributed by atoms with van der Waals surface area (Å²) in [5.74, 6) is -1.28. The Morgan fingerprint density at radius 1 is 1.11 bits per heavy atom. The molecule has 8 nitrogen and oxygen atoms in total. The largest absolute Gasteiger partial charge is 0.272 e. The topological polar surface area (TPSA) is 102 Å². The normalized spacial score (nSPS) is 11.6. The van der Waals surface area contributed by atoms with Crippen LogP contribution < -0.4 is 10.9 Å². The van der Waals surface area contributed by atoms with Crippen LogP contribution in [0.2, 0.25) is 0 Å². The van der Waals surface area contributed by atoms with E-state index in [1.807, 2.05) is 0 Å².